The molecule has 1 fully saturated rings. The molecule has 25 heavy (non-hydrogen) atoms. The number of morpholine rings is 1. The van der Waals surface area contributed by atoms with Gasteiger partial charge >= 0.3 is 6.03 Å². The number of urea groups is 1. The van der Waals surface area contributed by atoms with Gasteiger partial charge in [0, 0.05) is 19.6 Å². The first-order valence-corrected chi connectivity index (χ1v) is 9.24. The molecule has 1 aromatic carbocycles. The maximum atomic E-state index is 12.3. The Morgan fingerprint density at radius 3 is 2.84 bits per heavy atom. The van der Waals surface area contributed by atoms with E-state index in [2.05, 4.69) is 32.4 Å². The maximum absolute atomic E-state index is 12.3. The van der Waals surface area contributed by atoms with E-state index in [0.717, 1.165) is 26.3 Å². The Balaban J connectivity index is 1.61. The van der Waals surface area contributed by atoms with Gasteiger partial charge in [0.1, 0.15) is 5.75 Å². The normalized spacial score (nSPS) is 16.2. The number of rotatable bonds is 6. The highest BCUT2D eigenvalue weighted by Gasteiger charge is 2.23. The maximum Gasteiger partial charge on any atom is 0.319 e. The molecule has 7 heteroatoms. The minimum absolute atomic E-state index is 0.151. The van der Waals surface area contributed by atoms with E-state index < -0.39 is 0 Å². The summed E-state index contributed by atoms with van der Waals surface area (Å²) < 4.78 is 10.7. The number of thiophene rings is 1. The number of carbonyl (C=O) groups is 1. The molecule has 1 aromatic heterocycles. The highest BCUT2D eigenvalue weighted by Crippen LogP contribution is 2.24. The van der Waals surface area contributed by atoms with Crippen LogP contribution in [0.3, 0.4) is 0 Å². The van der Waals surface area contributed by atoms with Gasteiger partial charge in [0.25, 0.3) is 0 Å². The van der Waals surface area contributed by atoms with E-state index in [0.29, 0.717) is 18.0 Å². The van der Waals surface area contributed by atoms with Gasteiger partial charge in [0.15, 0.2) is 0 Å². The Morgan fingerprint density at radius 2 is 2.12 bits per heavy atom. The number of para-hydroxylation sites is 2. The highest BCUT2D eigenvalue weighted by molar-refractivity contribution is 7.07. The molecule has 0 aliphatic carbocycles. The zero-order valence-corrected chi connectivity index (χ0v) is 15.1. The van der Waals surface area contributed by atoms with Crippen molar-refractivity contribution in [2.24, 2.45) is 0 Å². The van der Waals surface area contributed by atoms with E-state index in [-0.39, 0.29) is 12.1 Å². The van der Waals surface area contributed by atoms with Crippen molar-refractivity contribution in [1.29, 1.82) is 0 Å². The van der Waals surface area contributed by atoms with Gasteiger partial charge in [-0.2, -0.15) is 11.3 Å². The van der Waals surface area contributed by atoms with Crippen LogP contribution in [0.15, 0.2) is 41.1 Å². The average Bonchev–Trinajstić information content (AvgIpc) is 3.18. The monoisotopic (exact) mass is 361 g/mol. The number of hydrogen-bond donors (Lipinski definition) is 2. The van der Waals surface area contributed by atoms with Crippen molar-refractivity contribution in [2.75, 3.05) is 45.3 Å². The van der Waals surface area contributed by atoms with Crippen LogP contribution in [-0.4, -0.2) is 50.9 Å². The van der Waals surface area contributed by atoms with Crippen LogP contribution < -0.4 is 15.4 Å². The Morgan fingerprint density at radius 1 is 1.32 bits per heavy atom. The summed E-state index contributed by atoms with van der Waals surface area (Å²) in [6.07, 6.45) is 0. The van der Waals surface area contributed by atoms with Crippen LogP contribution in [0.5, 0.6) is 5.75 Å². The van der Waals surface area contributed by atoms with Crippen LogP contribution >= 0.6 is 11.3 Å². The summed E-state index contributed by atoms with van der Waals surface area (Å²) in [6, 6.07) is 9.39. The van der Waals surface area contributed by atoms with Gasteiger partial charge in [-0.05, 0) is 34.5 Å². The van der Waals surface area contributed by atoms with Crippen molar-refractivity contribution in [1.82, 2.24) is 10.2 Å². The summed E-state index contributed by atoms with van der Waals surface area (Å²) in [5.41, 5.74) is 1.88. The number of benzene rings is 1. The quantitative estimate of drug-likeness (QED) is 0.830. The number of amides is 2. The molecule has 0 radical (unpaired) electrons. The van der Waals surface area contributed by atoms with Crippen LogP contribution in [0.2, 0.25) is 0 Å². The molecule has 1 saturated heterocycles. The second-order valence-electron chi connectivity index (χ2n) is 5.76. The Hall–Kier alpha value is -2.09. The van der Waals surface area contributed by atoms with E-state index >= 15 is 0 Å². The third-order valence-electron chi connectivity index (χ3n) is 4.23. The fourth-order valence-corrected chi connectivity index (χ4v) is 3.62. The summed E-state index contributed by atoms with van der Waals surface area (Å²) in [6.45, 7) is 3.74. The standard InChI is InChI=1S/C18H23N3O3S/c1-23-17-5-3-2-4-15(17)20-18(22)19-12-16(14-6-11-25-13-14)21-7-9-24-10-8-21/h2-6,11,13,16H,7-10,12H2,1H3,(H2,19,20,22). The molecule has 1 atom stereocenters. The zero-order valence-electron chi connectivity index (χ0n) is 14.2. The molecule has 2 N–H and O–H groups in total. The fraction of sp³-hybridized carbons (Fsp3) is 0.389. The number of anilines is 1. The van der Waals surface area contributed by atoms with E-state index in [1.165, 1.54) is 5.56 Å². The number of hydrogen-bond acceptors (Lipinski definition) is 5. The number of nitrogens with zero attached hydrogens (tertiary/aromatic N) is 1. The molecule has 2 amide bonds. The molecule has 134 valence electrons. The zero-order chi connectivity index (χ0) is 17.5. The third kappa shape index (κ3) is 4.72. The Labute approximate surface area is 151 Å². The average molecular weight is 361 g/mol. The lowest BCUT2D eigenvalue weighted by atomic mass is 10.1. The summed E-state index contributed by atoms with van der Waals surface area (Å²) >= 11 is 1.67. The van der Waals surface area contributed by atoms with Crippen LogP contribution in [0.25, 0.3) is 0 Å². The predicted octanol–water partition coefficient (Wildman–Crippen LogP) is 2.95. The lowest BCUT2D eigenvalue weighted by Crippen LogP contribution is -2.44. The topological polar surface area (TPSA) is 62.8 Å². The fourth-order valence-electron chi connectivity index (χ4n) is 2.92. The van der Waals surface area contributed by atoms with Gasteiger partial charge in [-0.15, -0.1) is 0 Å². The van der Waals surface area contributed by atoms with Gasteiger partial charge < -0.3 is 20.1 Å². The first-order valence-electron chi connectivity index (χ1n) is 8.29. The SMILES string of the molecule is COc1ccccc1NC(=O)NCC(c1ccsc1)N1CCOCC1. The molecule has 0 saturated carbocycles. The molecule has 2 aromatic rings. The minimum atomic E-state index is -0.238. The lowest BCUT2D eigenvalue weighted by Gasteiger charge is -2.34. The molecule has 6 nitrogen and oxygen atoms in total. The van der Waals surface area contributed by atoms with E-state index in [1.807, 2.05) is 24.3 Å². The molecular weight excluding hydrogens is 338 g/mol. The largest absolute Gasteiger partial charge is 0.495 e. The summed E-state index contributed by atoms with van der Waals surface area (Å²) in [5, 5.41) is 10.0. The van der Waals surface area contributed by atoms with Crippen LogP contribution in [0, 0.1) is 0 Å². The molecular formula is C18H23N3O3S. The van der Waals surface area contributed by atoms with E-state index in [1.54, 1.807) is 18.4 Å². The predicted molar refractivity (Wildman–Crippen MR) is 99.5 cm³/mol. The second kappa shape index (κ2) is 8.84. The summed E-state index contributed by atoms with van der Waals surface area (Å²) in [4.78, 5) is 14.7. The lowest BCUT2D eigenvalue weighted by molar-refractivity contribution is 0.0168. The molecule has 2 heterocycles. The van der Waals surface area contributed by atoms with Crippen LogP contribution in [0.4, 0.5) is 10.5 Å². The number of ether oxygens (including phenoxy) is 2. The van der Waals surface area contributed by atoms with E-state index in [9.17, 15) is 4.79 Å². The Bertz CT molecular complexity index is 672. The van der Waals surface area contributed by atoms with Crippen molar-refractivity contribution < 1.29 is 14.3 Å². The first kappa shape index (κ1) is 17.7. The summed E-state index contributed by atoms with van der Waals surface area (Å²) in [5.74, 6) is 0.639. The number of methoxy groups -OCH3 is 1. The molecule has 3 rings (SSSR count). The van der Waals surface area contributed by atoms with Crippen molar-refractivity contribution in [2.45, 2.75) is 6.04 Å². The smallest absolute Gasteiger partial charge is 0.319 e. The van der Waals surface area contributed by atoms with Crippen LogP contribution in [0.1, 0.15) is 11.6 Å². The molecule has 1 unspecified atom stereocenters. The van der Waals surface area contributed by atoms with Gasteiger partial charge in [0.2, 0.25) is 0 Å². The van der Waals surface area contributed by atoms with Crippen LogP contribution in [-0.2, 0) is 4.74 Å². The van der Waals surface area contributed by atoms with Crippen molar-refractivity contribution >= 4 is 23.1 Å². The number of nitrogens with one attached hydrogen (secondary N) is 2. The van der Waals surface area contributed by atoms with Gasteiger partial charge in [-0.25, -0.2) is 4.79 Å². The van der Waals surface area contributed by atoms with E-state index in [4.69, 9.17) is 9.47 Å². The van der Waals surface area contributed by atoms with Crippen molar-refractivity contribution in [3.63, 3.8) is 0 Å². The third-order valence-corrected chi connectivity index (χ3v) is 4.93. The second-order valence-corrected chi connectivity index (χ2v) is 6.54. The molecule has 1 aliphatic rings. The first-order chi connectivity index (χ1) is 12.3. The van der Waals surface area contributed by atoms with Gasteiger partial charge in [-0.3, -0.25) is 4.90 Å². The van der Waals surface area contributed by atoms with Crippen molar-refractivity contribution in [3.05, 3.63) is 46.7 Å². The van der Waals surface area contributed by atoms with Gasteiger partial charge in [-0.1, -0.05) is 12.1 Å². The molecule has 0 bridgehead atoms. The molecule has 1 aliphatic heterocycles. The molecule has 0 spiro atoms. The summed E-state index contributed by atoms with van der Waals surface area (Å²) in [7, 11) is 1.59. The number of carbonyl (C=O) groups excluding carboxylic acids is 1. The van der Waals surface area contributed by atoms with Crippen molar-refractivity contribution in [3.8, 4) is 5.75 Å². The van der Waals surface area contributed by atoms with Gasteiger partial charge in [0.05, 0.1) is 32.1 Å². The Kier molecular flexibility index (Phi) is 6.27. The highest BCUT2D eigenvalue weighted by atomic mass is 32.1. The minimum Gasteiger partial charge on any atom is -0.495 e.